The maximum Gasteiger partial charge on any atom is 0.416 e. The van der Waals surface area contributed by atoms with Crippen LogP contribution in [0.5, 0.6) is 5.75 Å². The Morgan fingerprint density at radius 1 is 1.04 bits per heavy atom. The van der Waals surface area contributed by atoms with E-state index in [-0.39, 0.29) is 0 Å². The zero-order valence-corrected chi connectivity index (χ0v) is 12.6. The van der Waals surface area contributed by atoms with Gasteiger partial charge >= 0.3 is 6.18 Å². The SMILES string of the molecule is COc1cc(-c2ccc(C(F)(F)F)cc2)nc2cc(C#N)ccc12. The summed E-state index contributed by atoms with van der Waals surface area (Å²) in [5, 5.41) is 9.73. The summed E-state index contributed by atoms with van der Waals surface area (Å²) in [6.07, 6.45) is -4.38. The van der Waals surface area contributed by atoms with Gasteiger partial charge in [0.05, 0.1) is 35.5 Å². The van der Waals surface area contributed by atoms with Crippen LogP contribution in [0.4, 0.5) is 13.2 Å². The predicted molar refractivity (Wildman–Crippen MR) is 83.4 cm³/mol. The number of benzene rings is 2. The smallest absolute Gasteiger partial charge is 0.416 e. The molecule has 3 aromatic rings. The molecule has 0 atom stereocenters. The second kappa shape index (κ2) is 5.85. The van der Waals surface area contributed by atoms with Crippen molar-refractivity contribution in [2.75, 3.05) is 7.11 Å². The fourth-order valence-electron chi connectivity index (χ4n) is 2.41. The van der Waals surface area contributed by atoms with E-state index in [1.54, 1.807) is 24.3 Å². The standard InChI is InChI=1S/C18H11F3N2O/c1-24-17-9-15(12-3-5-13(6-4-12)18(19,20)21)23-16-8-11(10-22)2-7-14(16)17/h2-9H,1H3. The lowest BCUT2D eigenvalue weighted by Crippen LogP contribution is -2.04. The highest BCUT2D eigenvalue weighted by molar-refractivity contribution is 5.88. The Labute approximate surface area is 135 Å². The molecule has 1 aromatic heterocycles. The van der Waals surface area contributed by atoms with Crippen LogP contribution in [-0.4, -0.2) is 12.1 Å². The number of rotatable bonds is 2. The van der Waals surface area contributed by atoms with Crippen LogP contribution in [0.25, 0.3) is 22.2 Å². The number of hydrogen-bond acceptors (Lipinski definition) is 3. The van der Waals surface area contributed by atoms with Crippen LogP contribution >= 0.6 is 0 Å². The summed E-state index contributed by atoms with van der Waals surface area (Å²) in [5.41, 5.74) is 1.28. The third kappa shape index (κ3) is 2.88. The molecule has 0 unspecified atom stereocenters. The number of nitrogens with zero attached hydrogens (tertiary/aromatic N) is 2. The molecule has 0 spiro atoms. The normalized spacial score (nSPS) is 11.3. The van der Waals surface area contributed by atoms with Crippen molar-refractivity contribution in [3.63, 3.8) is 0 Å². The van der Waals surface area contributed by atoms with Gasteiger partial charge in [0, 0.05) is 17.0 Å². The molecule has 0 aliphatic rings. The van der Waals surface area contributed by atoms with Gasteiger partial charge in [0.25, 0.3) is 0 Å². The lowest BCUT2D eigenvalue weighted by Gasteiger charge is -2.10. The van der Waals surface area contributed by atoms with Gasteiger partial charge in [-0.3, -0.25) is 0 Å². The Morgan fingerprint density at radius 3 is 2.33 bits per heavy atom. The highest BCUT2D eigenvalue weighted by Gasteiger charge is 2.30. The molecule has 0 aliphatic carbocycles. The van der Waals surface area contributed by atoms with E-state index in [2.05, 4.69) is 4.98 Å². The monoisotopic (exact) mass is 328 g/mol. The van der Waals surface area contributed by atoms with E-state index in [0.29, 0.717) is 28.1 Å². The highest BCUT2D eigenvalue weighted by Crippen LogP contribution is 2.33. The molecule has 0 radical (unpaired) electrons. The van der Waals surface area contributed by atoms with Gasteiger partial charge in [0.1, 0.15) is 5.75 Å². The summed E-state index contributed by atoms with van der Waals surface area (Å²) in [7, 11) is 1.50. The molecule has 6 heteroatoms. The predicted octanol–water partition coefficient (Wildman–Crippen LogP) is 4.80. The molecular formula is C18H11F3N2O. The van der Waals surface area contributed by atoms with Gasteiger partial charge in [-0.2, -0.15) is 18.4 Å². The van der Waals surface area contributed by atoms with Crippen molar-refractivity contribution in [3.05, 3.63) is 59.7 Å². The lowest BCUT2D eigenvalue weighted by molar-refractivity contribution is -0.137. The first-order chi connectivity index (χ1) is 11.4. The summed E-state index contributed by atoms with van der Waals surface area (Å²) in [6.45, 7) is 0. The number of aromatic nitrogens is 1. The minimum Gasteiger partial charge on any atom is -0.496 e. The van der Waals surface area contributed by atoms with Gasteiger partial charge in [-0.1, -0.05) is 12.1 Å². The van der Waals surface area contributed by atoms with Gasteiger partial charge in [-0.15, -0.1) is 0 Å². The zero-order valence-electron chi connectivity index (χ0n) is 12.6. The maximum absolute atomic E-state index is 12.7. The molecule has 1 heterocycles. The molecule has 0 N–H and O–H groups in total. The summed E-state index contributed by atoms with van der Waals surface area (Å²) >= 11 is 0. The number of hydrogen-bond donors (Lipinski definition) is 0. The molecule has 3 rings (SSSR count). The topological polar surface area (TPSA) is 45.9 Å². The Balaban J connectivity index is 2.14. The second-order valence-corrected chi connectivity index (χ2v) is 5.13. The van der Waals surface area contributed by atoms with Crippen LogP contribution in [0.15, 0.2) is 48.5 Å². The largest absolute Gasteiger partial charge is 0.496 e. The van der Waals surface area contributed by atoms with E-state index >= 15 is 0 Å². The molecule has 0 aliphatic heterocycles. The first-order valence-electron chi connectivity index (χ1n) is 6.99. The Bertz CT molecular complexity index is 941. The molecule has 0 bridgehead atoms. The molecule has 0 amide bonds. The van der Waals surface area contributed by atoms with E-state index in [9.17, 15) is 13.2 Å². The van der Waals surface area contributed by atoms with Gasteiger partial charge in [-0.25, -0.2) is 4.98 Å². The van der Waals surface area contributed by atoms with Gasteiger partial charge in [-0.05, 0) is 30.3 Å². The average Bonchev–Trinajstić information content (AvgIpc) is 2.59. The van der Waals surface area contributed by atoms with Crippen LogP contribution < -0.4 is 4.74 Å². The van der Waals surface area contributed by atoms with Crippen LogP contribution in [0.1, 0.15) is 11.1 Å². The first-order valence-corrected chi connectivity index (χ1v) is 6.99. The number of alkyl halides is 3. The van der Waals surface area contributed by atoms with Crippen LogP contribution in [0, 0.1) is 11.3 Å². The van der Waals surface area contributed by atoms with E-state index in [0.717, 1.165) is 17.5 Å². The molecule has 2 aromatic carbocycles. The summed E-state index contributed by atoms with van der Waals surface area (Å²) < 4.78 is 43.3. The summed E-state index contributed by atoms with van der Waals surface area (Å²) in [5.74, 6) is 0.541. The summed E-state index contributed by atoms with van der Waals surface area (Å²) in [6, 6.07) is 13.5. The number of methoxy groups -OCH3 is 1. The molecule has 120 valence electrons. The molecule has 3 nitrogen and oxygen atoms in total. The minimum absolute atomic E-state index is 0.446. The van der Waals surface area contributed by atoms with E-state index in [1.807, 2.05) is 6.07 Å². The molecule has 0 saturated carbocycles. The van der Waals surface area contributed by atoms with Crippen LogP contribution in [0.2, 0.25) is 0 Å². The zero-order chi connectivity index (χ0) is 17.3. The van der Waals surface area contributed by atoms with Gasteiger partial charge in [0.2, 0.25) is 0 Å². The van der Waals surface area contributed by atoms with Crippen molar-refractivity contribution in [1.82, 2.24) is 4.98 Å². The first kappa shape index (κ1) is 15.8. The third-order valence-corrected chi connectivity index (χ3v) is 3.63. The Hall–Kier alpha value is -3.07. The van der Waals surface area contributed by atoms with Crippen molar-refractivity contribution in [3.8, 4) is 23.1 Å². The number of fused-ring (bicyclic) bond motifs is 1. The Kier molecular flexibility index (Phi) is 3.86. The van der Waals surface area contributed by atoms with E-state index < -0.39 is 11.7 Å². The molecule has 0 saturated heterocycles. The molecule has 0 fully saturated rings. The number of nitriles is 1. The second-order valence-electron chi connectivity index (χ2n) is 5.13. The third-order valence-electron chi connectivity index (χ3n) is 3.63. The van der Waals surface area contributed by atoms with Crippen molar-refractivity contribution in [2.24, 2.45) is 0 Å². The van der Waals surface area contributed by atoms with Crippen LogP contribution in [0.3, 0.4) is 0 Å². The number of pyridine rings is 1. The van der Waals surface area contributed by atoms with E-state index in [4.69, 9.17) is 10.00 Å². The quantitative estimate of drug-likeness (QED) is 0.679. The fraction of sp³-hybridized carbons (Fsp3) is 0.111. The average molecular weight is 328 g/mol. The van der Waals surface area contributed by atoms with Crippen LogP contribution in [-0.2, 0) is 6.18 Å². The van der Waals surface area contributed by atoms with Crippen molar-refractivity contribution in [2.45, 2.75) is 6.18 Å². The van der Waals surface area contributed by atoms with Gasteiger partial charge < -0.3 is 4.74 Å². The number of ether oxygens (including phenoxy) is 1. The molecule has 24 heavy (non-hydrogen) atoms. The minimum atomic E-state index is -4.38. The van der Waals surface area contributed by atoms with Crippen molar-refractivity contribution < 1.29 is 17.9 Å². The summed E-state index contributed by atoms with van der Waals surface area (Å²) in [4.78, 5) is 4.44. The number of halogens is 3. The van der Waals surface area contributed by atoms with Crippen molar-refractivity contribution >= 4 is 10.9 Å². The fourth-order valence-corrected chi connectivity index (χ4v) is 2.41. The van der Waals surface area contributed by atoms with E-state index in [1.165, 1.54) is 19.2 Å². The van der Waals surface area contributed by atoms with Crippen molar-refractivity contribution in [1.29, 1.82) is 5.26 Å². The lowest BCUT2D eigenvalue weighted by atomic mass is 10.1. The maximum atomic E-state index is 12.7. The Morgan fingerprint density at radius 2 is 1.75 bits per heavy atom. The van der Waals surface area contributed by atoms with Gasteiger partial charge in [0.15, 0.2) is 0 Å². The molecular weight excluding hydrogens is 317 g/mol. The highest BCUT2D eigenvalue weighted by atomic mass is 19.4.